The summed E-state index contributed by atoms with van der Waals surface area (Å²) in [5.41, 5.74) is -0.635. The first-order chi connectivity index (χ1) is 7.00. The zero-order valence-electron chi connectivity index (χ0n) is 7.46. The maximum absolute atomic E-state index is 12.9. The number of carboxylic acid groups (broad SMARTS) is 1. The van der Waals surface area contributed by atoms with Gasteiger partial charge in [0.25, 0.3) is 0 Å². The van der Waals surface area contributed by atoms with Crippen LogP contribution in [0.25, 0.3) is 0 Å². The number of rotatable bonds is 3. The van der Waals surface area contributed by atoms with E-state index in [1.54, 1.807) is 0 Å². The summed E-state index contributed by atoms with van der Waals surface area (Å²) in [5.74, 6) is -4.25. The Hall–Kier alpha value is -1.98. The summed E-state index contributed by atoms with van der Waals surface area (Å²) >= 11 is 0. The van der Waals surface area contributed by atoms with Crippen LogP contribution in [0.5, 0.6) is 0 Å². The van der Waals surface area contributed by atoms with Gasteiger partial charge in [-0.25, -0.2) is 8.78 Å². The van der Waals surface area contributed by atoms with Crippen LogP contribution in [0.15, 0.2) is 18.2 Å². The van der Waals surface area contributed by atoms with Crippen molar-refractivity contribution in [2.75, 3.05) is 5.32 Å². The van der Waals surface area contributed by atoms with Crippen LogP contribution < -0.4 is 5.32 Å². The van der Waals surface area contributed by atoms with E-state index in [2.05, 4.69) is 0 Å². The van der Waals surface area contributed by atoms with Crippen LogP contribution >= 0.6 is 0 Å². The first kappa shape index (κ1) is 11.1. The third kappa shape index (κ3) is 3.01. The number of aliphatic carboxylic acids is 1. The van der Waals surface area contributed by atoms with Gasteiger partial charge in [0.1, 0.15) is 23.7 Å². The summed E-state index contributed by atoms with van der Waals surface area (Å²) < 4.78 is 25.9. The molecular formula is C9H7F2NO3. The van der Waals surface area contributed by atoms with Gasteiger partial charge in [-0.1, -0.05) is 6.07 Å². The van der Waals surface area contributed by atoms with Gasteiger partial charge in [0.15, 0.2) is 0 Å². The number of benzene rings is 1. The third-order valence-electron chi connectivity index (χ3n) is 1.54. The summed E-state index contributed by atoms with van der Waals surface area (Å²) in [6.45, 7) is 0. The highest BCUT2D eigenvalue weighted by molar-refractivity contribution is 6.01. The minimum atomic E-state index is -1.37. The zero-order valence-corrected chi connectivity index (χ0v) is 7.46. The minimum Gasteiger partial charge on any atom is -0.481 e. The van der Waals surface area contributed by atoms with Crippen LogP contribution in [0, 0.1) is 11.6 Å². The molecule has 0 saturated heterocycles. The Bertz CT molecular complexity index is 386. The molecule has 0 aliphatic carbocycles. The van der Waals surface area contributed by atoms with Gasteiger partial charge in [0.05, 0.1) is 0 Å². The number of amides is 1. The first-order valence-corrected chi connectivity index (χ1v) is 3.96. The van der Waals surface area contributed by atoms with E-state index < -0.39 is 35.6 Å². The fourth-order valence-corrected chi connectivity index (χ4v) is 0.938. The number of anilines is 1. The number of hydrogen-bond donors (Lipinski definition) is 2. The number of nitrogens with one attached hydrogen (secondary N) is 1. The molecule has 0 heterocycles. The molecule has 0 bridgehead atoms. The van der Waals surface area contributed by atoms with Crippen molar-refractivity contribution in [3.8, 4) is 0 Å². The molecule has 0 aliphatic rings. The smallest absolute Gasteiger partial charge is 0.312 e. The standard InChI is InChI=1S/C9H7F2NO3/c10-5-2-1-3-6(11)9(5)12-7(13)4-8(14)15/h1-3H,4H2,(H,12,13)(H,14,15). The fraction of sp³-hybridized carbons (Fsp3) is 0.111. The van der Waals surface area contributed by atoms with Gasteiger partial charge in [-0.2, -0.15) is 0 Å². The van der Waals surface area contributed by atoms with Crippen molar-refractivity contribution in [2.45, 2.75) is 6.42 Å². The molecule has 15 heavy (non-hydrogen) atoms. The fourth-order valence-electron chi connectivity index (χ4n) is 0.938. The second-order valence-electron chi connectivity index (χ2n) is 2.72. The van der Waals surface area contributed by atoms with E-state index in [-0.39, 0.29) is 0 Å². The predicted molar refractivity (Wildman–Crippen MR) is 47.2 cm³/mol. The highest BCUT2D eigenvalue weighted by atomic mass is 19.1. The van der Waals surface area contributed by atoms with Gasteiger partial charge >= 0.3 is 5.97 Å². The Balaban J connectivity index is 2.80. The minimum absolute atomic E-state index is 0.635. The molecule has 0 radical (unpaired) electrons. The van der Waals surface area contributed by atoms with E-state index in [1.807, 2.05) is 5.32 Å². The topological polar surface area (TPSA) is 66.4 Å². The molecule has 0 unspecified atom stereocenters. The molecule has 80 valence electrons. The molecular weight excluding hydrogens is 208 g/mol. The van der Waals surface area contributed by atoms with Gasteiger partial charge in [-0.3, -0.25) is 9.59 Å². The van der Waals surface area contributed by atoms with Crippen molar-refractivity contribution < 1.29 is 23.5 Å². The Labute approximate surface area is 83.5 Å². The van der Waals surface area contributed by atoms with E-state index >= 15 is 0 Å². The first-order valence-electron chi connectivity index (χ1n) is 3.96. The summed E-state index contributed by atoms with van der Waals surface area (Å²) in [4.78, 5) is 21.0. The summed E-state index contributed by atoms with van der Waals surface area (Å²) in [7, 11) is 0. The summed E-state index contributed by atoms with van der Waals surface area (Å²) in [5, 5.41) is 10.1. The van der Waals surface area contributed by atoms with Gasteiger partial charge in [0, 0.05) is 0 Å². The molecule has 2 N–H and O–H groups in total. The van der Waals surface area contributed by atoms with E-state index in [9.17, 15) is 18.4 Å². The largest absolute Gasteiger partial charge is 0.481 e. The van der Waals surface area contributed by atoms with Crippen LogP contribution in [0.3, 0.4) is 0 Å². The van der Waals surface area contributed by atoms with Crippen molar-refractivity contribution in [3.05, 3.63) is 29.8 Å². The Morgan fingerprint density at radius 2 is 1.80 bits per heavy atom. The lowest BCUT2D eigenvalue weighted by atomic mass is 10.2. The maximum Gasteiger partial charge on any atom is 0.312 e. The van der Waals surface area contributed by atoms with Crippen molar-refractivity contribution in [3.63, 3.8) is 0 Å². The average molecular weight is 215 g/mol. The molecule has 0 aromatic heterocycles. The molecule has 1 aromatic carbocycles. The highest BCUT2D eigenvalue weighted by Crippen LogP contribution is 2.17. The van der Waals surface area contributed by atoms with E-state index in [0.717, 1.165) is 18.2 Å². The Morgan fingerprint density at radius 3 is 2.27 bits per heavy atom. The predicted octanol–water partition coefficient (Wildman–Crippen LogP) is 1.38. The zero-order chi connectivity index (χ0) is 11.4. The lowest BCUT2D eigenvalue weighted by Gasteiger charge is -2.05. The molecule has 1 amide bonds. The van der Waals surface area contributed by atoms with Gasteiger partial charge in [0.2, 0.25) is 5.91 Å². The van der Waals surface area contributed by atoms with Crippen LogP contribution in [0.4, 0.5) is 14.5 Å². The normalized spacial score (nSPS) is 9.73. The second-order valence-corrected chi connectivity index (χ2v) is 2.72. The number of carbonyl (C=O) groups excluding carboxylic acids is 1. The van der Waals surface area contributed by atoms with Crippen molar-refractivity contribution in [2.24, 2.45) is 0 Å². The summed E-state index contributed by atoms with van der Waals surface area (Å²) in [6.07, 6.45) is -0.840. The molecule has 1 rings (SSSR count). The number of hydrogen-bond acceptors (Lipinski definition) is 2. The SMILES string of the molecule is O=C(O)CC(=O)Nc1c(F)cccc1F. The average Bonchev–Trinajstić information content (AvgIpc) is 2.10. The monoisotopic (exact) mass is 215 g/mol. The molecule has 0 saturated carbocycles. The molecule has 0 fully saturated rings. The van der Waals surface area contributed by atoms with E-state index in [1.165, 1.54) is 0 Å². The highest BCUT2D eigenvalue weighted by Gasteiger charge is 2.13. The second kappa shape index (κ2) is 4.50. The molecule has 4 nitrogen and oxygen atoms in total. The third-order valence-corrected chi connectivity index (χ3v) is 1.54. The van der Waals surface area contributed by atoms with E-state index in [4.69, 9.17) is 5.11 Å². The van der Waals surface area contributed by atoms with Gasteiger partial charge in [-0.15, -0.1) is 0 Å². The molecule has 1 aromatic rings. The quantitative estimate of drug-likeness (QED) is 0.748. The molecule has 6 heteroatoms. The van der Waals surface area contributed by atoms with Gasteiger partial charge < -0.3 is 10.4 Å². The number of para-hydroxylation sites is 1. The summed E-state index contributed by atoms with van der Waals surface area (Å²) in [6, 6.07) is 3.05. The van der Waals surface area contributed by atoms with Crippen LogP contribution in [-0.4, -0.2) is 17.0 Å². The Kier molecular flexibility index (Phi) is 3.33. The molecule has 0 spiro atoms. The maximum atomic E-state index is 12.9. The Morgan fingerprint density at radius 1 is 1.27 bits per heavy atom. The molecule has 0 atom stereocenters. The number of carboxylic acids is 1. The van der Waals surface area contributed by atoms with Gasteiger partial charge in [-0.05, 0) is 12.1 Å². The van der Waals surface area contributed by atoms with E-state index in [0.29, 0.717) is 0 Å². The lowest BCUT2D eigenvalue weighted by Crippen LogP contribution is -2.17. The van der Waals surface area contributed by atoms with Crippen molar-refractivity contribution in [1.29, 1.82) is 0 Å². The molecule has 0 aliphatic heterocycles. The van der Waals surface area contributed by atoms with Crippen LogP contribution in [0.2, 0.25) is 0 Å². The van der Waals surface area contributed by atoms with Crippen molar-refractivity contribution >= 4 is 17.6 Å². The number of halogens is 2. The van der Waals surface area contributed by atoms with Crippen molar-refractivity contribution in [1.82, 2.24) is 0 Å². The lowest BCUT2D eigenvalue weighted by molar-refractivity contribution is -0.139. The van der Waals surface area contributed by atoms with Crippen LogP contribution in [-0.2, 0) is 9.59 Å². The number of carbonyl (C=O) groups is 2. The van der Waals surface area contributed by atoms with Crippen LogP contribution in [0.1, 0.15) is 6.42 Å².